The summed E-state index contributed by atoms with van der Waals surface area (Å²) >= 11 is 0. The third kappa shape index (κ3) is 21.0. The summed E-state index contributed by atoms with van der Waals surface area (Å²) in [7, 11) is 1.99. The number of pyridine rings is 1. The Bertz CT molecular complexity index is 3050. The van der Waals surface area contributed by atoms with Crippen molar-refractivity contribution in [3.63, 3.8) is 0 Å². The molecule has 0 unspecified atom stereocenters. The maximum absolute atomic E-state index is 12.2. The van der Waals surface area contributed by atoms with Gasteiger partial charge in [0.05, 0.1) is 21.8 Å². The molecule has 0 bridgehead atoms. The third-order valence-electron chi connectivity index (χ3n) is 10.6. The van der Waals surface area contributed by atoms with Crippen molar-refractivity contribution in [2.24, 2.45) is 7.05 Å². The maximum Gasteiger partial charge on any atom is 0.200 e. The van der Waals surface area contributed by atoms with Crippen molar-refractivity contribution in [2.75, 3.05) is 0 Å². The van der Waals surface area contributed by atoms with Gasteiger partial charge >= 0.3 is 0 Å². The molecule has 0 N–H and O–H groups in total. The number of nitrogens with zero attached hydrogens (tertiary/aromatic N) is 1. The Hall–Kier alpha value is -8.03. The molecule has 2 aliphatic rings. The number of benzene rings is 8. The Balaban J connectivity index is 0.000000324. The molecule has 7 heteroatoms. The van der Waals surface area contributed by atoms with Crippen LogP contribution in [-0.4, -0.2) is 10.4 Å². The van der Waals surface area contributed by atoms with E-state index in [4.69, 9.17) is 13.9 Å². The van der Waals surface area contributed by atoms with Crippen LogP contribution in [0.25, 0.3) is 43.7 Å². The monoisotopic (exact) mass is 1060 g/mol. The number of hydrogen-bond donors (Lipinski definition) is 0. The summed E-state index contributed by atoms with van der Waals surface area (Å²) in [5, 5.41) is 2.83. The van der Waals surface area contributed by atoms with Crippen molar-refractivity contribution in [1.29, 1.82) is 0 Å². The lowest BCUT2D eigenvalue weighted by Crippen LogP contribution is -2.08. The smallest absolute Gasteiger partial charge is 0.200 e. The highest BCUT2D eigenvalue weighted by Gasteiger charge is 2.16. The van der Waals surface area contributed by atoms with Crippen LogP contribution < -0.4 is 20.3 Å². The van der Waals surface area contributed by atoms with Gasteiger partial charge in [-0.05, 0) is 109 Å². The lowest BCUT2D eigenvalue weighted by molar-refractivity contribution is -0.115. The number of rotatable bonds is 0. The molecule has 8 aromatic carbocycles. The quantitative estimate of drug-likeness (QED) is 0.141. The largest absolute Gasteiger partial charge is 0.457 e. The number of Topliss-reactive ketones (excluding diaryl/α,β-unsaturated/α-hetero) is 1. The molecule has 0 saturated heterocycles. The molecule has 0 aliphatic carbocycles. The fraction of sp³-hybridized carbons (Fsp3) is 0.292. The number of aromatic nitrogens is 1. The van der Waals surface area contributed by atoms with Crippen molar-refractivity contribution < 1.29 is 18.7 Å². The number of aryl methyl sites for hydroxylation is 1. The molecule has 79 heavy (non-hydrogen) atoms. The minimum atomic E-state index is 0.0347. The highest BCUT2D eigenvalue weighted by atomic mass is 16.5. The van der Waals surface area contributed by atoms with Crippen molar-refractivity contribution in [2.45, 2.75) is 135 Å². The lowest BCUT2D eigenvalue weighted by atomic mass is 10.0. The van der Waals surface area contributed by atoms with E-state index in [-0.39, 0.29) is 16.6 Å². The second-order valence-electron chi connectivity index (χ2n) is 18.1. The molecular weight excluding hydrogens is 975 g/mol. The van der Waals surface area contributed by atoms with Crippen molar-refractivity contribution in [3.05, 3.63) is 237 Å². The number of para-hydroxylation sites is 8. The van der Waals surface area contributed by atoms with Gasteiger partial charge in [-0.3, -0.25) is 9.59 Å². The van der Waals surface area contributed by atoms with Gasteiger partial charge in [-0.2, -0.15) is 0 Å². The fourth-order valence-electron chi connectivity index (χ4n) is 7.59. The van der Waals surface area contributed by atoms with Crippen molar-refractivity contribution in [3.8, 4) is 23.0 Å². The van der Waals surface area contributed by atoms with Gasteiger partial charge < -0.3 is 23.3 Å². The zero-order valence-corrected chi connectivity index (χ0v) is 50.1. The van der Waals surface area contributed by atoms with Crippen LogP contribution in [0.1, 0.15) is 145 Å². The number of ether oxygens (including phenoxy) is 2. The standard InChI is InChI=1S/C14H11NO.C13H8O2.2C13H10O.C3H6O.4C3H8.2C2H6/c1-15-12-8-4-2-6-10(12)14(16)11-7-3-5-9-13(11)15;14-13-9-5-1-3-7-11(9)15-12-8-4-2-6-10(12)13;2*1-3-7-12-10(5-1)9-11-6-2-4-8-13(11)14-12;1-3(2)4;4*1-3-2;2*1-2/h2-9H,1H3;1-8H;2*1-8H,9H2;1-2H3;4*3H2,1-2H3;2*1-2H3. The molecule has 10 aromatic rings. The summed E-state index contributed by atoms with van der Waals surface area (Å²) in [5.41, 5.74) is 8.46. The molecule has 418 valence electrons. The van der Waals surface area contributed by atoms with Gasteiger partial charge in [0.15, 0.2) is 5.43 Å². The Kier molecular flexibility index (Phi) is 32.7. The van der Waals surface area contributed by atoms with Crippen LogP contribution in [0.2, 0.25) is 0 Å². The number of carbonyl (C=O) groups excluding carboxylic acids is 1. The minimum Gasteiger partial charge on any atom is -0.457 e. The number of ketones is 1. The summed E-state index contributed by atoms with van der Waals surface area (Å²) in [6.45, 7) is 28.1. The molecule has 0 spiro atoms. The highest BCUT2D eigenvalue weighted by molar-refractivity contribution is 5.93. The second-order valence-corrected chi connectivity index (χ2v) is 18.1. The van der Waals surface area contributed by atoms with Gasteiger partial charge in [0.2, 0.25) is 5.43 Å². The Labute approximate surface area is 472 Å². The van der Waals surface area contributed by atoms with E-state index in [1.807, 2.05) is 168 Å². The zero-order valence-electron chi connectivity index (χ0n) is 50.1. The minimum absolute atomic E-state index is 0.0347. The fourth-order valence-corrected chi connectivity index (χ4v) is 7.59. The van der Waals surface area contributed by atoms with Crippen molar-refractivity contribution in [1.82, 2.24) is 4.57 Å². The first-order chi connectivity index (χ1) is 38.4. The molecule has 0 fully saturated rings. The van der Waals surface area contributed by atoms with E-state index in [1.165, 1.54) is 61.8 Å². The predicted molar refractivity (Wildman–Crippen MR) is 341 cm³/mol. The lowest BCUT2D eigenvalue weighted by Gasteiger charge is -2.19. The summed E-state index contributed by atoms with van der Waals surface area (Å²) in [5.74, 6) is 4.13. The van der Waals surface area contributed by atoms with Crippen LogP contribution in [0.4, 0.5) is 0 Å². The second kappa shape index (κ2) is 38.5. The normalized spacial score (nSPS) is 10.2. The first-order valence-corrected chi connectivity index (χ1v) is 28.4. The van der Waals surface area contributed by atoms with E-state index in [2.05, 4.69) is 108 Å². The Morgan fingerprint density at radius 1 is 0.367 bits per heavy atom. The van der Waals surface area contributed by atoms with Crippen LogP contribution in [0, 0.1) is 0 Å². The number of carbonyl (C=O) groups is 1. The molecule has 0 atom stereocenters. The summed E-state index contributed by atoms with van der Waals surface area (Å²) in [6.07, 6.45) is 6.96. The molecule has 12 rings (SSSR count). The Morgan fingerprint density at radius 2 is 0.582 bits per heavy atom. The van der Waals surface area contributed by atoms with Gasteiger partial charge in [0.25, 0.3) is 0 Å². The molecule has 2 aromatic heterocycles. The van der Waals surface area contributed by atoms with Crippen LogP contribution in [0.3, 0.4) is 0 Å². The van der Waals surface area contributed by atoms with Gasteiger partial charge in [-0.25, -0.2) is 0 Å². The molecular formula is C72H89NO6. The first-order valence-electron chi connectivity index (χ1n) is 28.4. The summed E-state index contributed by atoms with van der Waals surface area (Å²) < 4.78 is 19.2. The number of hydrogen-bond acceptors (Lipinski definition) is 6. The van der Waals surface area contributed by atoms with E-state index in [1.54, 1.807) is 12.1 Å². The SMILES string of the molecule is CC.CC.CC(C)=O.CCC.CCC.CCC.CCC.Cn1c2ccccc2c(=O)c2ccccc21.O=c1c2ccccc2oc2ccccc12.c1ccc2c(c1)Cc1ccccc1O2.c1ccc2c(c1)Cc1ccccc1O2. The zero-order chi connectivity index (χ0) is 58.5. The molecule has 7 nitrogen and oxygen atoms in total. The average Bonchev–Trinajstić information content (AvgIpc) is 3.55. The van der Waals surface area contributed by atoms with E-state index < -0.39 is 0 Å². The third-order valence-corrected chi connectivity index (χ3v) is 10.6. The van der Waals surface area contributed by atoms with Gasteiger partial charge in [0, 0.05) is 30.7 Å². The van der Waals surface area contributed by atoms with Crippen LogP contribution in [-0.2, 0) is 24.7 Å². The van der Waals surface area contributed by atoms with E-state index >= 15 is 0 Å². The predicted octanol–water partition coefficient (Wildman–Crippen LogP) is 20.7. The number of fused-ring (bicyclic) bond motifs is 8. The first kappa shape index (κ1) is 67.1. The van der Waals surface area contributed by atoms with E-state index in [0.29, 0.717) is 21.9 Å². The highest BCUT2D eigenvalue weighted by Crippen LogP contribution is 2.37. The summed E-state index contributed by atoms with van der Waals surface area (Å²) in [4.78, 5) is 33.7. The molecule has 4 heterocycles. The molecule has 0 saturated carbocycles. The van der Waals surface area contributed by atoms with E-state index in [9.17, 15) is 14.4 Å². The summed E-state index contributed by atoms with van der Waals surface area (Å²) in [6, 6.07) is 62.8. The topological polar surface area (TPSA) is 87.7 Å². The van der Waals surface area contributed by atoms with Crippen LogP contribution in [0.5, 0.6) is 23.0 Å². The van der Waals surface area contributed by atoms with Gasteiger partial charge in [0.1, 0.15) is 39.9 Å². The van der Waals surface area contributed by atoms with Crippen molar-refractivity contribution >= 4 is 49.5 Å². The van der Waals surface area contributed by atoms with Crippen LogP contribution >= 0.6 is 0 Å². The van der Waals surface area contributed by atoms with E-state index in [0.717, 1.165) is 57.6 Å². The van der Waals surface area contributed by atoms with Gasteiger partial charge in [-0.1, -0.05) is 230 Å². The molecule has 0 radical (unpaired) electrons. The average molecular weight is 1060 g/mol. The van der Waals surface area contributed by atoms with Gasteiger partial charge in [-0.15, -0.1) is 0 Å². The van der Waals surface area contributed by atoms with Crippen LogP contribution in [0.15, 0.2) is 208 Å². The Morgan fingerprint density at radius 3 is 0.873 bits per heavy atom. The molecule has 2 aliphatic heterocycles. The maximum atomic E-state index is 12.2. The molecule has 0 amide bonds.